The van der Waals surface area contributed by atoms with Crippen molar-refractivity contribution >= 4 is 39.9 Å². The highest BCUT2D eigenvalue weighted by molar-refractivity contribution is 7.80. The van der Waals surface area contributed by atoms with E-state index in [9.17, 15) is 9.18 Å². The fourth-order valence-corrected chi connectivity index (χ4v) is 2.87. The molecule has 3 rings (SSSR count). The Labute approximate surface area is 155 Å². The summed E-state index contributed by atoms with van der Waals surface area (Å²) >= 11 is 5.27. The van der Waals surface area contributed by atoms with E-state index < -0.39 is 0 Å². The summed E-state index contributed by atoms with van der Waals surface area (Å²) < 4.78 is 18.1. The molecule has 0 aliphatic rings. The summed E-state index contributed by atoms with van der Waals surface area (Å²) in [5.74, 6) is -0.633. The highest BCUT2D eigenvalue weighted by Gasteiger charge is 2.06. The van der Waals surface area contributed by atoms with Crippen LogP contribution in [0.4, 0.5) is 10.1 Å². The number of carbonyl (C=O) groups excluding carboxylic acids is 1. The molecule has 0 saturated heterocycles. The zero-order chi connectivity index (χ0) is 18.5. The van der Waals surface area contributed by atoms with Gasteiger partial charge in [0.25, 0.3) is 0 Å². The minimum absolute atomic E-state index is 0.251. The fraction of sp³-hybridized carbons (Fsp3) is 0.158. The first-order chi connectivity index (χ1) is 12.6. The third-order valence-corrected chi connectivity index (χ3v) is 4.22. The Balaban J connectivity index is 1.52. The highest BCUT2D eigenvalue weighted by Crippen LogP contribution is 2.19. The van der Waals surface area contributed by atoms with Crippen molar-refractivity contribution < 1.29 is 13.9 Å². The van der Waals surface area contributed by atoms with Crippen molar-refractivity contribution in [3.63, 3.8) is 0 Å². The van der Waals surface area contributed by atoms with Gasteiger partial charge in [-0.25, -0.2) is 9.18 Å². The number of rotatable bonds is 5. The molecule has 0 saturated carbocycles. The van der Waals surface area contributed by atoms with Crippen molar-refractivity contribution in [1.29, 1.82) is 0 Å². The lowest BCUT2D eigenvalue weighted by atomic mass is 10.1. The van der Waals surface area contributed by atoms with Crippen molar-refractivity contribution in [1.82, 2.24) is 10.3 Å². The van der Waals surface area contributed by atoms with Crippen molar-refractivity contribution in [2.24, 2.45) is 0 Å². The van der Waals surface area contributed by atoms with E-state index in [1.54, 1.807) is 30.3 Å². The van der Waals surface area contributed by atoms with Gasteiger partial charge in [0.15, 0.2) is 5.11 Å². The van der Waals surface area contributed by atoms with Gasteiger partial charge in [-0.1, -0.05) is 0 Å². The molecular formula is C19H18FN3O2S. The van der Waals surface area contributed by atoms with Gasteiger partial charge < -0.3 is 20.4 Å². The SMILES string of the molecule is COC(=O)c1ccc(NC(=S)NCCc2c[nH]c3ccc(F)cc23)cc1. The predicted octanol–water partition coefficient (Wildman–Crippen LogP) is 3.62. The lowest BCUT2D eigenvalue weighted by Crippen LogP contribution is -2.30. The Kier molecular flexibility index (Phi) is 5.48. The number of aromatic nitrogens is 1. The first kappa shape index (κ1) is 17.9. The van der Waals surface area contributed by atoms with Gasteiger partial charge in [-0.3, -0.25) is 0 Å². The van der Waals surface area contributed by atoms with Crippen LogP contribution in [-0.4, -0.2) is 29.7 Å². The lowest BCUT2D eigenvalue weighted by molar-refractivity contribution is 0.0601. The monoisotopic (exact) mass is 371 g/mol. The molecule has 0 aliphatic heterocycles. The zero-order valence-electron chi connectivity index (χ0n) is 14.1. The van der Waals surface area contributed by atoms with Crippen LogP contribution in [-0.2, 0) is 11.2 Å². The molecule has 0 bridgehead atoms. The second kappa shape index (κ2) is 7.97. The second-order valence-electron chi connectivity index (χ2n) is 5.70. The van der Waals surface area contributed by atoms with Gasteiger partial charge in [0.2, 0.25) is 0 Å². The molecular weight excluding hydrogens is 353 g/mol. The first-order valence-electron chi connectivity index (χ1n) is 8.05. The smallest absolute Gasteiger partial charge is 0.337 e. The molecule has 1 heterocycles. The van der Waals surface area contributed by atoms with Crippen LogP contribution in [0.5, 0.6) is 0 Å². The molecule has 0 spiro atoms. The van der Waals surface area contributed by atoms with E-state index >= 15 is 0 Å². The maximum absolute atomic E-state index is 13.4. The summed E-state index contributed by atoms with van der Waals surface area (Å²) in [6.45, 7) is 0.607. The van der Waals surface area contributed by atoms with Gasteiger partial charge >= 0.3 is 5.97 Å². The normalized spacial score (nSPS) is 10.5. The van der Waals surface area contributed by atoms with E-state index in [1.165, 1.54) is 19.2 Å². The van der Waals surface area contributed by atoms with Gasteiger partial charge in [0, 0.05) is 29.3 Å². The van der Waals surface area contributed by atoms with Crippen LogP contribution >= 0.6 is 12.2 Å². The van der Waals surface area contributed by atoms with Crippen LogP contribution in [0.25, 0.3) is 10.9 Å². The van der Waals surface area contributed by atoms with E-state index in [4.69, 9.17) is 12.2 Å². The van der Waals surface area contributed by atoms with Gasteiger partial charge in [-0.05, 0) is 66.7 Å². The minimum Gasteiger partial charge on any atom is -0.465 e. The van der Waals surface area contributed by atoms with Gasteiger partial charge in [-0.15, -0.1) is 0 Å². The molecule has 2 aromatic carbocycles. The van der Waals surface area contributed by atoms with Gasteiger partial charge in [0.05, 0.1) is 12.7 Å². The molecule has 0 radical (unpaired) electrons. The maximum atomic E-state index is 13.4. The van der Waals surface area contributed by atoms with Crippen LogP contribution in [0.3, 0.4) is 0 Å². The number of nitrogens with one attached hydrogen (secondary N) is 3. The maximum Gasteiger partial charge on any atom is 0.337 e. The molecule has 7 heteroatoms. The Bertz CT molecular complexity index is 938. The molecule has 3 N–H and O–H groups in total. The molecule has 0 aliphatic carbocycles. The van der Waals surface area contributed by atoms with Crippen LogP contribution in [0.1, 0.15) is 15.9 Å². The van der Waals surface area contributed by atoms with Gasteiger partial charge in [0.1, 0.15) is 5.82 Å². The number of thiocarbonyl (C=S) groups is 1. The number of halogens is 1. The molecule has 0 unspecified atom stereocenters. The number of anilines is 1. The van der Waals surface area contributed by atoms with Crippen molar-refractivity contribution in [3.05, 3.63) is 65.6 Å². The van der Waals surface area contributed by atoms with Crippen LogP contribution < -0.4 is 10.6 Å². The Morgan fingerprint density at radius 3 is 2.73 bits per heavy atom. The van der Waals surface area contributed by atoms with E-state index in [0.29, 0.717) is 23.6 Å². The Morgan fingerprint density at radius 1 is 1.23 bits per heavy atom. The van der Waals surface area contributed by atoms with Crippen LogP contribution in [0.2, 0.25) is 0 Å². The highest BCUT2D eigenvalue weighted by atomic mass is 32.1. The topological polar surface area (TPSA) is 66.2 Å². The van der Waals surface area contributed by atoms with Crippen molar-refractivity contribution in [2.45, 2.75) is 6.42 Å². The molecule has 5 nitrogen and oxygen atoms in total. The quantitative estimate of drug-likeness (QED) is 0.472. The summed E-state index contributed by atoms with van der Waals surface area (Å²) in [5, 5.41) is 7.52. The van der Waals surface area contributed by atoms with E-state index in [2.05, 4.69) is 20.4 Å². The number of benzene rings is 2. The van der Waals surface area contributed by atoms with Crippen molar-refractivity contribution in [2.75, 3.05) is 19.0 Å². The number of H-pyrrole nitrogens is 1. The van der Waals surface area contributed by atoms with E-state index in [0.717, 1.165) is 22.2 Å². The average molecular weight is 371 g/mol. The molecule has 3 aromatic rings. The largest absolute Gasteiger partial charge is 0.465 e. The number of hydrogen-bond acceptors (Lipinski definition) is 3. The summed E-state index contributed by atoms with van der Waals surface area (Å²) in [5.41, 5.74) is 3.18. The second-order valence-corrected chi connectivity index (χ2v) is 6.11. The number of fused-ring (bicyclic) bond motifs is 1. The average Bonchev–Trinajstić information content (AvgIpc) is 3.04. The summed E-state index contributed by atoms with van der Waals surface area (Å²) in [7, 11) is 1.34. The minimum atomic E-state index is -0.382. The van der Waals surface area contributed by atoms with E-state index in [-0.39, 0.29) is 11.8 Å². The number of aromatic amines is 1. The van der Waals surface area contributed by atoms with Gasteiger partial charge in [-0.2, -0.15) is 0 Å². The van der Waals surface area contributed by atoms with Crippen LogP contribution in [0.15, 0.2) is 48.7 Å². The molecule has 26 heavy (non-hydrogen) atoms. The fourth-order valence-electron chi connectivity index (χ4n) is 2.65. The standard InChI is InChI=1S/C19H18FN3O2S/c1-25-18(24)12-2-5-15(6-3-12)23-19(26)21-9-8-13-11-22-17-7-4-14(20)10-16(13)17/h2-7,10-11,22H,8-9H2,1H3,(H2,21,23,26). The molecule has 0 atom stereocenters. The van der Waals surface area contributed by atoms with Crippen molar-refractivity contribution in [3.8, 4) is 0 Å². The summed E-state index contributed by atoms with van der Waals surface area (Å²) in [6, 6.07) is 11.5. The third-order valence-electron chi connectivity index (χ3n) is 3.97. The molecule has 134 valence electrons. The Hall–Kier alpha value is -2.93. The number of carbonyl (C=O) groups is 1. The predicted molar refractivity (Wildman–Crippen MR) is 104 cm³/mol. The summed E-state index contributed by atoms with van der Waals surface area (Å²) in [6.07, 6.45) is 2.58. The lowest BCUT2D eigenvalue weighted by Gasteiger charge is -2.10. The van der Waals surface area contributed by atoms with E-state index in [1.807, 2.05) is 6.20 Å². The molecule has 1 aromatic heterocycles. The third kappa shape index (κ3) is 4.18. The number of methoxy groups -OCH3 is 1. The number of ether oxygens (including phenoxy) is 1. The molecule has 0 fully saturated rings. The Morgan fingerprint density at radius 2 is 2.00 bits per heavy atom. The number of esters is 1. The van der Waals surface area contributed by atoms with Crippen LogP contribution in [0, 0.1) is 5.82 Å². The zero-order valence-corrected chi connectivity index (χ0v) is 15.0. The summed E-state index contributed by atoms with van der Waals surface area (Å²) in [4.78, 5) is 14.5. The first-order valence-corrected chi connectivity index (χ1v) is 8.46. The number of hydrogen-bond donors (Lipinski definition) is 3. The molecule has 0 amide bonds.